The first kappa shape index (κ1) is 14.3. The molecule has 1 saturated carbocycles. The largest absolute Gasteiger partial charge is 0.481 e. The van der Waals surface area contributed by atoms with Gasteiger partial charge >= 0.3 is 5.97 Å². The molecule has 1 heterocycles. The van der Waals surface area contributed by atoms with Crippen LogP contribution in [0.5, 0.6) is 0 Å². The Morgan fingerprint density at radius 1 is 1.32 bits per heavy atom. The minimum atomic E-state index is -0.868. The summed E-state index contributed by atoms with van der Waals surface area (Å²) in [5.74, 6) is -1.90. The van der Waals surface area contributed by atoms with Gasteiger partial charge in [0.25, 0.3) is 0 Å². The van der Waals surface area contributed by atoms with Crippen molar-refractivity contribution in [1.82, 2.24) is 15.5 Å². The van der Waals surface area contributed by atoms with Crippen LogP contribution in [0.4, 0.5) is 0 Å². The summed E-state index contributed by atoms with van der Waals surface area (Å²) in [5.41, 5.74) is -0.412. The van der Waals surface area contributed by atoms with Crippen LogP contribution >= 0.6 is 0 Å². The van der Waals surface area contributed by atoms with Crippen LogP contribution < -0.4 is 10.6 Å². The molecule has 6 nitrogen and oxygen atoms in total. The molecule has 108 valence electrons. The minimum Gasteiger partial charge on any atom is -0.481 e. The molecular formula is C13H23N3O3. The van der Waals surface area contributed by atoms with Gasteiger partial charge in [-0.05, 0) is 5.41 Å². The predicted molar refractivity (Wildman–Crippen MR) is 70.7 cm³/mol. The fraction of sp³-hybridized carbons (Fsp3) is 0.846. The van der Waals surface area contributed by atoms with Crippen molar-refractivity contribution in [2.75, 3.05) is 39.3 Å². The van der Waals surface area contributed by atoms with Gasteiger partial charge in [0.05, 0.1) is 11.8 Å². The van der Waals surface area contributed by atoms with E-state index in [1.54, 1.807) is 0 Å². The number of carbonyl (C=O) groups is 2. The number of rotatable bonds is 5. The highest BCUT2D eigenvalue weighted by Crippen LogP contribution is 2.58. The molecule has 1 aliphatic heterocycles. The number of hydrogen-bond acceptors (Lipinski definition) is 4. The van der Waals surface area contributed by atoms with Crippen molar-refractivity contribution in [2.24, 2.45) is 17.3 Å². The topological polar surface area (TPSA) is 81.7 Å². The molecule has 2 unspecified atom stereocenters. The maximum Gasteiger partial charge on any atom is 0.307 e. The quantitative estimate of drug-likeness (QED) is 0.619. The van der Waals surface area contributed by atoms with Gasteiger partial charge < -0.3 is 15.7 Å². The number of nitrogens with one attached hydrogen (secondary N) is 2. The van der Waals surface area contributed by atoms with E-state index in [1.807, 2.05) is 13.8 Å². The number of carbonyl (C=O) groups excluding carboxylic acids is 1. The summed E-state index contributed by atoms with van der Waals surface area (Å²) in [5, 5.41) is 15.2. The molecule has 2 aliphatic rings. The van der Waals surface area contributed by atoms with Crippen LogP contribution in [0, 0.1) is 17.3 Å². The Morgan fingerprint density at radius 2 is 1.95 bits per heavy atom. The summed E-state index contributed by atoms with van der Waals surface area (Å²) in [6.45, 7) is 9.09. The summed E-state index contributed by atoms with van der Waals surface area (Å²) in [6.07, 6.45) is 0. The van der Waals surface area contributed by atoms with E-state index < -0.39 is 17.3 Å². The first-order chi connectivity index (χ1) is 8.94. The van der Waals surface area contributed by atoms with E-state index in [9.17, 15) is 9.59 Å². The van der Waals surface area contributed by atoms with Gasteiger partial charge in [-0.25, -0.2) is 0 Å². The van der Waals surface area contributed by atoms with Crippen molar-refractivity contribution in [1.29, 1.82) is 0 Å². The summed E-state index contributed by atoms with van der Waals surface area (Å²) >= 11 is 0. The van der Waals surface area contributed by atoms with Crippen LogP contribution in [-0.2, 0) is 9.59 Å². The van der Waals surface area contributed by atoms with Crippen molar-refractivity contribution in [2.45, 2.75) is 13.8 Å². The molecule has 0 radical (unpaired) electrons. The molecule has 1 aliphatic carbocycles. The van der Waals surface area contributed by atoms with Crippen LogP contribution in [-0.4, -0.2) is 61.2 Å². The lowest BCUT2D eigenvalue weighted by molar-refractivity contribution is -0.140. The maximum absolute atomic E-state index is 12.0. The summed E-state index contributed by atoms with van der Waals surface area (Å²) in [6, 6.07) is 0. The van der Waals surface area contributed by atoms with Gasteiger partial charge in [-0.15, -0.1) is 0 Å². The number of amides is 1. The van der Waals surface area contributed by atoms with E-state index in [-0.39, 0.29) is 11.8 Å². The van der Waals surface area contributed by atoms with Gasteiger partial charge in [-0.3, -0.25) is 14.5 Å². The second kappa shape index (κ2) is 5.46. The third-order valence-corrected chi connectivity index (χ3v) is 4.31. The Balaban J connectivity index is 1.72. The fourth-order valence-corrected chi connectivity index (χ4v) is 2.97. The van der Waals surface area contributed by atoms with Crippen molar-refractivity contribution in [3.8, 4) is 0 Å². The highest BCUT2D eigenvalue weighted by molar-refractivity contribution is 5.91. The summed E-state index contributed by atoms with van der Waals surface area (Å²) < 4.78 is 0. The number of nitrogens with zero attached hydrogens (tertiary/aromatic N) is 1. The van der Waals surface area contributed by atoms with Crippen LogP contribution in [0.25, 0.3) is 0 Å². The van der Waals surface area contributed by atoms with Gasteiger partial charge in [-0.2, -0.15) is 0 Å². The van der Waals surface area contributed by atoms with Crippen molar-refractivity contribution in [3.05, 3.63) is 0 Å². The van der Waals surface area contributed by atoms with Crippen LogP contribution in [0.3, 0.4) is 0 Å². The number of aliphatic carboxylic acids is 1. The molecule has 6 heteroatoms. The van der Waals surface area contributed by atoms with Crippen LogP contribution in [0.2, 0.25) is 0 Å². The zero-order chi connectivity index (χ0) is 14.0. The number of hydrogen-bond donors (Lipinski definition) is 3. The molecule has 19 heavy (non-hydrogen) atoms. The van der Waals surface area contributed by atoms with Gasteiger partial charge in [0.1, 0.15) is 0 Å². The average molecular weight is 269 g/mol. The predicted octanol–water partition coefficient (Wildman–Crippen LogP) is -0.635. The van der Waals surface area contributed by atoms with Gasteiger partial charge in [-0.1, -0.05) is 13.8 Å². The molecule has 0 aromatic heterocycles. The Kier molecular flexibility index (Phi) is 4.10. The molecule has 2 fully saturated rings. The van der Waals surface area contributed by atoms with E-state index in [2.05, 4.69) is 15.5 Å². The average Bonchev–Trinajstić information content (AvgIpc) is 2.94. The second-order valence-corrected chi connectivity index (χ2v) is 6.00. The van der Waals surface area contributed by atoms with Crippen LogP contribution in [0.1, 0.15) is 13.8 Å². The normalized spacial score (nSPS) is 29.8. The monoisotopic (exact) mass is 269 g/mol. The standard InChI is InChI=1S/C13H23N3O3/c1-13(2)9(10(13)12(18)19)11(17)15-5-8-16-6-3-14-4-7-16/h9-10,14H,3-8H2,1-2H3,(H,15,17)(H,18,19). The van der Waals surface area contributed by atoms with Gasteiger partial charge in [0, 0.05) is 39.3 Å². The Morgan fingerprint density at radius 3 is 2.47 bits per heavy atom. The maximum atomic E-state index is 12.0. The summed E-state index contributed by atoms with van der Waals surface area (Å²) in [7, 11) is 0. The molecule has 1 amide bonds. The van der Waals surface area contributed by atoms with E-state index in [1.165, 1.54) is 0 Å². The lowest BCUT2D eigenvalue weighted by atomic mass is 10.1. The highest BCUT2D eigenvalue weighted by Gasteiger charge is 2.65. The summed E-state index contributed by atoms with van der Waals surface area (Å²) in [4.78, 5) is 25.3. The van der Waals surface area contributed by atoms with E-state index in [4.69, 9.17) is 5.11 Å². The smallest absolute Gasteiger partial charge is 0.307 e. The van der Waals surface area contributed by atoms with Crippen molar-refractivity contribution < 1.29 is 14.7 Å². The highest BCUT2D eigenvalue weighted by atomic mass is 16.4. The van der Waals surface area contributed by atoms with Gasteiger partial charge in [0.2, 0.25) is 5.91 Å². The molecular weight excluding hydrogens is 246 g/mol. The molecule has 0 spiro atoms. The van der Waals surface area contributed by atoms with Crippen LogP contribution in [0.15, 0.2) is 0 Å². The molecule has 0 aromatic carbocycles. The Labute approximate surface area is 113 Å². The molecule has 3 N–H and O–H groups in total. The lowest BCUT2D eigenvalue weighted by Crippen LogP contribution is -2.46. The first-order valence-corrected chi connectivity index (χ1v) is 6.88. The van der Waals surface area contributed by atoms with Crippen molar-refractivity contribution in [3.63, 3.8) is 0 Å². The molecule has 1 saturated heterocycles. The van der Waals surface area contributed by atoms with E-state index >= 15 is 0 Å². The Bertz CT molecular complexity index is 364. The zero-order valence-electron chi connectivity index (χ0n) is 11.6. The van der Waals surface area contributed by atoms with Crippen molar-refractivity contribution >= 4 is 11.9 Å². The third-order valence-electron chi connectivity index (χ3n) is 4.31. The lowest BCUT2D eigenvalue weighted by Gasteiger charge is -2.27. The SMILES string of the molecule is CC1(C)C(C(=O)O)C1C(=O)NCCN1CCNCC1. The molecule has 2 atom stereocenters. The van der Waals surface area contributed by atoms with E-state index in [0.29, 0.717) is 6.54 Å². The minimum absolute atomic E-state index is 0.118. The first-order valence-electron chi connectivity index (χ1n) is 6.88. The molecule has 2 rings (SSSR count). The second-order valence-electron chi connectivity index (χ2n) is 6.00. The fourth-order valence-electron chi connectivity index (χ4n) is 2.97. The number of carboxylic acid groups (broad SMARTS) is 1. The molecule has 0 bridgehead atoms. The molecule has 0 aromatic rings. The number of piperazine rings is 1. The number of carboxylic acids is 1. The Hall–Kier alpha value is -1.14. The zero-order valence-corrected chi connectivity index (χ0v) is 11.6. The third kappa shape index (κ3) is 3.06. The van der Waals surface area contributed by atoms with Gasteiger partial charge in [0.15, 0.2) is 0 Å². The van der Waals surface area contributed by atoms with E-state index in [0.717, 1.165) is 32.7 Å².